The number of carbonyl (C=O) groups excluding carboxylic acids is 1. The lowest BCUT2D eigenvalue weighted by Crippen LogP contribution is -2.32. The van der Waals surface area contributed by atoms with Crippen LogP contribution in [0.4, 0.5) is 9.18 Å². The Morgan fingerprint density at radius 2 is 1.96 bits per heavy atom. The van der Waals surface area contributed by atoms with Crippen LogP contribution in [0.3, 0.4) is 0 Å². The molecule has 7 heteroatoms. The Kier molecular flexibility index (Phi) is 7.93. The summed E-state index contributed by atoms with van der Waals surface area (Å²) in [6.07, 6.45) is -0.590. The fourth-order valence-electron chi connectivity index (χ4n) is 1.96. The maximum absolute atomic E-state index is 14.1. The van der Waals surface area contributed by atoms with Crippen molar-refractivity contribution in [3.05, 3.63) is 34.1 Å². The van der Waals surface area contributed by atoms with E-state index in [0.717, 1.165) is 18.7 Å². The molecular formula is C17H27ClFN3O2. The number of nitrogens with zero attached hydrogens (tertiary/aromatic N) is 1. The quantitative estimate of drug-likeness (QED) is 0.734. The average Bonchev–Trinajstić information content (AvgIpc) is 2.43. The van der Waals surface area contributed by atoms with Crippen LogP contribution < -0.4 is 10.6 Å². The minimum atomic E-state index is -0.599. The van der Waals surface area contributed by atoms with Crippen molar-refractivity contribution in [2.75, 3.05) is 27.2 Å². The Labute approximate surface area is 148 Å². The van der Waals surface area contributed by atoms with Crippen LogP contribution in [0.25, 0.3) is 0 Å². The highest BCUT2D eigenvalue weighted by atomic mass is 35.5. The highest BCUT2D eigenvalue weighted by Crippen LogP contribution is 2.21. The molecule has 0 saturated heterocycles. The number of halogens is 2. The van der Waals surface area contributed by atoms with Crippen LogP contribution in [-0.4, -0.2) is 43.8 Å². The molecule has 0 aliphatic heterocycles. The van der Waals surface area contributed by atoms with Crippen LogP contribution in [0.2, 0.25) is 5.02 Å². The molecule has 0 aliphatic rings. The Morgan fingerprint density at radius 1 is 1.29 bits per heavy atom. The van der Waals surface area contributed by atoms with Gasteiger partial charge in [-0.05, 0) is 52.6 Å². The number of carbonyl (C=O) groups is 1. The molecule has 0 aromatic heterocycles. The minimum Gasteiger partial charge on any atom is -0.444 e. The predicted octanol–water partition coefficient (Wildman–Crippen LogP) is 3.16. The van der Waals surface area contributed by atoms with Crippen LogP contribution >= 0.6 is 11.6 Å². The number of likely N-dealkylation sites (N-methyl/N-ethyl adjacent to an activating group) is 1. The van der Waals surface area contributed by atoms with Crippen molar-refractivity contribution < 1.29 is 13.9 Å². The van der Waals surface area contributed by atoms with Gasteiger partial charge in [0.15, 0.2) is 0 Å². The van der Waals surface area contributed by atoms with Gasteiger partial charge in [0.25, 0.3) is 0 Å². The third-order valence-corrected chi connectivity index (χ3v) is 3.33. The van der Waals surface area contributed by atoms with Crippen molar-refractivity contribution in [3.8, 4) is 0 Å². The maximum atomic E-state index is 14.1. The maximum Gasteiger partial charge on any atom is 0.407 e. The molecule has 0 unspecified atom stereocenters. The fraction of sp³-hybridized carbons (Fsp3) is 0.588. The van der Waals surface area contributed by atoms with Gasteiger partial charge in [0.1, 0.15) is 11.4 Å². The van der Waals surface area contributed by atoms with Gasteiger partial charge in [-0.1, -0.05) is 11.6 Å². The van der Waals surface area contributed by atoms with Crippen molar-refractivity contribution in [2.24, 2.45) is 0 Å². The summed E-state index contributed by atoms with van der Waals surface area (Å²) < 4.78 is 19.3. The van der Waals surface area contributed by atoms with E-state index in [0.29, 0.717) is 12.1 Å². The zero-order valence-corrected chi connectivity index (χ0v) is 15.8. The zero-order valence-electron chi connectivity index (χ0n) is 15.0. The molecule has 1 aromatic rings. The summed E-state index contributed by atoms with van der Waals surface area (Å²) in [5, 5.41) is 5.86. The minimum absolute atomic E-state index is 0.0198. The number of rotatable bonds is 7. The van der Waals surface area contributed by atoms with E-state index >= 15 is 0 Å². The SMILES string of the molecule is CN(C)CCNCc1cc(Cl)c(F)c(CNC(=O)OC(C)(C)C)c1. The first kappa shape index (κ1) is 20.7. The topological polar surface area (TPSA) is 53.6 Å². The Balaban J connectivity index is 2.64. The molecule has 0 aliphatic carbocycles. The number of hydrogen-bond donors (Lipinski definition) is 2. The lowest BCUT2D eigenvalue weighted by Gasteiger charge is -2.20. The highest BCUT2D eigenvalue weighted by Gasteiger charge is 2.17. The van der Waals surface area contributed by atoms with Crippen molar-refractivity contribution in [1.82, 2.24) is 15.5 Å². The molecule has 0 atom stereocenters. The molecule has 1 aromatic carbocycles. The molecule has 24 heavy (non-hydrogen) atoms. The summed E-state index contributed by atoms with van der Waals surface area (Å²) in [6, 6.07) is 3.29. The lowest BCUT2D eigenvalue weighted by molar-refractivity contribution is 0.0523. The van der Waals surface area contributed by atoms with Gasteiger partial charge in [0.2, 0.25) is 0 Å². The summed E-state index contributed by atoms with van der Waals surface area (Å²) in [5.41, 5.74) is 0.595. The van der Waals surface area contributed by atoms with E-state index in [-0.39, 0.29) is 11.6 Å². The fourth-order valence-corrected chi connectivity index (χ4v) is 2.22. The van der Waals surface area contributed by atoms with Crippen molar-refractivity contribution >= 4 is 17.7 Å². The number of ether oxygens (including phenoxy) is 1. The van der Waals surface area contributed by atoms with Crippen molar-refractivity contribution in [1.29, 1.82) is 0 Å². The van der Waals surface area contributed by atoms with Gasteiger partial charge >= 0.3 is 6.09 Å². The molecule has 0 spiro atoms. The third-order valence-electron chi connectivity index (χ3n) is 3.05. The van der Waals surface area contributed by atoms with E-state index in [2.05, 4.69) is 15.5 Å². The lowest BCUT2D eigenvalue weighted by atomic mass is 10.1. The summed E-state index contributed by atoms with van der Waals surface area (Å²) in [7, 11) is 3.99. The molecule has 0 saturated carbocycles. The van der Waals surface area contributed by atoms with Crippen molar-refractivity contribution in [3.63, 3.8) is 0 Å². The van der Waals surface area contributed by atoms with E-state index in [4.69, 9.17) is 16.3 Å². The number of benzene rings is 1. The van der Waals surface area contributed by atoms with Gasteiger partial charge in [0.05, 0.1) is 5.02 Å². The van der Waals surface area contributed by atoms with Crippen LogP contribution in [-0.2, 0) is 17.8 Å². The first-order valence-electron chi connectivity index (χ1n) is 7.87. The largest absolute Gasteiger partial charge is 0.444 e. The van der Waals surface area contributed by atoms with E-state index in [1.165, 1.54) is 0 Å². The number of alkyl carbamates (subject to hydrolysis) is 1. The molecule has 0 fully saturated rings. The molecular weight excluding hydrogens is 333 g/mol. The summed E-state index contributed by atoms with van der Waals surface area (Å²) in [4.78, 5) is 13.8. The second-order valence-electron chi connectivity index (χ2n) is 6.89. The first-order chi connectivity index (χ1) is 11.1. The van der Waals surface area contributed by atoms with E-state index < -0.39 is 17.5 Å². The van der Waals surface area contributed by atoms with E-state index in [1.54, 1.807) is 32.9 Å². The van der Waals surface area contributed by atoms with Gasteiger partial charge in [-0.3, -0.25) is 0 Å². The molecule has 2 N–H and O–H groups in total. The zero-order chi connectivity index (χ0) is 18.3. The molecule has 5 nitrogen and oxygen atoms in total. The molecule has 1 amide bonds. The Hall–Kier alpha value is -1.37. The standard InChI is InChI=1S/C17H27ClFN3O2/c1-17(2,3)24-16(23)21-11-13-8-12(9-14(18)15(13)19)10-20-6-7-22(4)5/h8-9,20H,6-7,10-11H2,1-5H3,(H,21,23). The van der Waals surface area contributed by atoms with E-state index in [9.17, 15) is 9.18 Å². The first-order valence-corrected chi connectivity index (χ1v) is 8.25. The van der Waals surface area contributed by atoms with Gasteiger partial charge in [-0.2, -0.15) is 0 Å². The predicted molar refractivity (Wildman–Crippen MR) is 94.7 cm³/mol. The number of amides is 1. The number of hydrogen-bond acceptors (Lipinski definition) is 4. The highest BCUT2D eigenvalue weighted by molar-refractivity contribution is 6.30. The third kappa shape index (κ3) is 7.95. The van der Waals surface area contributed by atoms with Crippen LogP contribution in [0, 0.1) is 5.82 Å². The van der Waals surface area contributed by atoms with Gasteiger partial charge < -0.3 is 20.3 Å². The van der Waals surface area contributed by atoms with Crippen LogP contribution in [0.1, 0.15) is 31.9 Å². The molecule has 0 bridgehead atoms. The summed E-state index contributed by atoms with van der Waals surface area (Å²) in [6.45, 7) is 7.62. The normalized spacial score (nSPS) is 11.7. The number of nitrogens with one attached hydrogen (secondary N) is 2. The van der Waals surface area contributed by atoms with Crippen LogP contribution in [0.5, 0.6) is 0 Å². The second kappa shape index (κ2) is 9.20. The summed E-state index contributed by atoms with van der Waals surface area (Å²) >= 11 is 5.95. The Bertz CT molecular complexity index is 560. The van der Waals surface area contributed by atoms with E-state index in [1.807, 2.05) is 14.1 Å². The van der Waals surface area contributed by atoms with Gasteiger partial charge in [0, 0.05) is 31.7 Å². The smallest absolute Gasteiger partial charge is 0.407 e. The second-order valence-corrected chi connectivity index (χ2v) is 7.29. The summed E-state index contributed by atoms with van der Waals surface area (Å²) in [5.74, 6) is -0.523. The monoisotopic (exact) mass is 359 g/mol. The van der Waals surface area contributed by atoms with Gasteiger partial charge in [-0.15, -0.1) is 0 Å². The molecule has 0 radical (unpaired) electrons. The molecule has 0 heterocycles. The Morgan fingerprint density at radius 3 is 2.54 bits per heavy atom. The average molecular weight is 360 g/mol. The van der Waals surface area contributed by atoms with Crippen molar-refractivity contribution in [2.45, 2.75) is 39.5 Å². The molecule has 136 valence electrons. The van der Waals surface area contributed by atoms with Crippen LogP contribution in [0.15, 0.2) is 12.1 Å². The van der Waals surface area contributed by atoms with Gasteiger partial charge in [-0.25, -0.2) is 9.18 Å². The molecule has 1 rings (SSSR count).